The molecule has 0 fully saturated rings. The lowest BCUT2D eigenvalue weighted by Crippen LogP contribution is -2.26. The van der Waals surface area contributed by atoms with Crippen molar-refractivity contribution in [1.29, 1.82) is 0 Å². The molecule has 0 bridgehead atoms. The number of halogens is 7. The van der Waals surface area contributed by atoms with Gasteiger partial charge in [-0.3, -0.25) is 0 Å². The summed E-state index contributed by atoms with van der Waals surface area (Å²) in [4.78, 5) is 0. The lowest BCUT2D eigenvalue weighted by Gasteiger charge is -2.29. The monoisotopic (exact) mass is 406 g/mol. The molecule has 0 aromatic heterocycles. The fourth-order valence-corrected chi connectivity index (χ4v) is 3.33. The van der Waals surface area contributed by atoms with E-state index in [0.717, 1.165) is 0 Å². The Morgan fingerprint density at radius 1 is 0.714 bits per heavy atom. The summed E-state index contributed by atoms with van der Waals surface area (Å²) in [5.74, 6) is -4.71. The molecule has 0 aliphatic carbocycles. The first-order valence-corrected chi connectivity index (χ1v) is 8.59. The van der Waals surface area contributed by atoms with Gasteiger partial charge >= 0.3 is 6.18 Å². The van der Waals surface area contributed by atoms with Crippen LogP contribution in [0.1, 0.15) is 56.9 Å². The minimum absolute atomic E-state index is 0.0757. The van der Waals surface area contributed by atoms with Gasteiger partial charge in [0.2, 0.25) is 0 Å². The molecule has 0 saturated heterocycles. The highest BCUT2D eigenvalue weighted by Gasteiger charge is 2.38. The van der Waals surface area contributed by atoms with E-state index in [1.807, 2.05) is 0 Å². The zero-order chi connectivity index (χ0) is 21.7. The summed E-state index contributed by atoms with van der Waals surface area (Å²) in [6, 6.07) is 2.98. The van der Waals surface area contributed by atoms with Crippen molar-refractivity contribution in [2.75, 3.05) is 0 Å². The van der Waals surface area contributed by atoms with Crippen LogP contribution in [0.15, 0.2) is 24.3 Å². The molecule has 0 heterocycles. The molecule has 154 valence electrons. The molecule has 0 N–H and O–H groups in total. The van der Waals surface area contributed by atoms with Crippen LogP contribution in [0.25, 0.3) is 0 Å². The van der Waals surface area contributed by atoms with E-state index in [4.69, 9.17) is 0 Å². The highest BCUT2D eigenvalue weighted by atomic mass is 19.4. The topological polar surface area (TPSA) is 0 Å². The Bertz CT molecular complexity index is 829. The molecule has 0 spiro atoms. The van der Waals surface area contributed by atoms with Crippen molar-refractivity contribution in [2.45, 2.75) is 58.0 Å². The molecular formula is C21H21F7. The maximum absolute atomic E-state index is 14.5. The summed E-state index contributed by atoms with van der Waals surface area (Å²) in [5, 5.41) is 0. The molecule has 2 aromatic rings. The third-order valence-corrected chi connectivity index (χ3v) is 4.58. The van der Waals surface area contributed by atoms with E-state index in [2.05, 4.69) is 0 Å². The Morgan fingerprint density at radius 2 is 1.18 bits per heavy atom. The molecule has 0 aliphatic rings. The van der Waals surface area contributed by atoms with Gasteiger partial charge in [-0.15, -0.1) is 0 Å². The van der Waals surface area contributed by atoms with Gasteiger partial charge in [0, 0.05) is 17.7 Å². The molecular weight excluding hydrogens is 385 g/mol. The molecule has 7 heteroatoms. The lowest BCUT2D eigenvalue weighted by molar-refractivity contribution is -0.140. The van der Waals surface area contributed by atoms with Crippen molar-refractivity contribution in [2.24, 2.45) is 0 Å². The van der Waals surface area contributed by atoms with Crippen LogP contribution in [0.3, 0.4) is 0 Å². The van der Waals surface area contributed by atoms with E-state index in [1.54, 1.807) is 20.8 Å². The van der Waals surface area contributed by atoms with Gasteiger partial charge in [0.05, 0.1) is 5.56 Å². The van der Waals surface area contributed by atoms with Crippen molar-refractivity contribution >= 4 is 0 Å². The summed E-state index contributed by atoms with van der Waals surface area (Å²) >= 11 is 0. The fraction of sp³-hybridized carbons (Fsp3) is 0.429. The van der Waals surface area contributed by atoms with Gasteiger partial charge in [-0.05, 0) is 34.4 Å². The van der Waals surface area contributed by atoms with Gasteiger partial charge in [-0.25, -0.2) is 17.6 Å². The maximum Gasteiger partial charge on any atom is 0.419 e. The summed E-state index contributed by atoms with van der Waals surface area (Å²) in [6.07, 6.45) is -5.13. The van der Waals surface area contributed by atoms with Crippen molar-refractivity contribution in [3.05, 3.63) is 69.8 Å². The Morgan fingerprint density at radius 3 is 1.61 bits per heavy atom. The molecule has 0 radical (unpaired) electrons. The third-order valence-electron chi connectivity index (χ3n) is 4.58. The second kappa shape index (κ2) is 7.08. The van der Waals surface area contributed by atoms with Crippen LogP contribution < -0.4 is 0 Å². The van der Waals surface area contributed by atoms with Gasteiger partial charge < -0.3 is 0 Å². The average molecular weight is 406 g/mol. The van der Waals surface area contributed by atoms with E-state index >= 15 is 0 Å². The van der Waals surface area contributed by atoms with Crippen molar-refractivity contribution in [1.82, 2.24) is 0 Å². The predicted molar refractivity (Wildman–Crippen MR) is 93.1 cm³/mol. The highest BCUT2D eigenvalue weighted by molar-refractivity contribution is 5.39. The number of benzene rings is 2. The average Bonchev–Trinajstić information content (AvgIpc) is 2.44. The van der Waals surface area contributed by atoms with Gasteiger partial charge in [-0.2, -0.15) is 13.2 Å². The molecule has 0 aliphatic heterocycles. The van der Waals surface area contributed by atoms with Crippen LogP contribution in [0.5, 0.6) is 0 Å². The molecule has 2 aromatic carbocycles. The summed E-state index contributed by atoms with van der Waals surface area (Å²) in [6.45, 7) is 7.57. The number of hydrogen-bond acceptors (Lipinski definition) is 0. The van der Waals surface area contributed by atoms with E-state index in [0.29, 0.717) is 18.2 Å². The molecule has 0 amide bonds. The predicted octanol–water partition coefficient (Wildman–Crippen LogP) is 7.08. The van der Waals surface area contributed by atoms with Crippen LogP contribution in [-0.4, -0.2) is 0 Å². The molecule has 0 saturated carbocycles. The zero-order valence-corrected chi connectivity index (χ0v) is 16.2. The van der Waals surface area contributed by atoms with Crippen LogP contribution >= 0.6 is 0 Å². The molecule has 0 atom stereocenters. The Balaban J connectivity index is 2.63. The van der Waals surface area contributed by atoms with Crippen LogP contribution in [0, 0.1) is 23.3 Å². The summed E-state index contributed by atoms with van der Waals surface area (Å²) in [5.41, 5.74) is -4.16. The minimum atomic E-state index is -4.92. The SMILES string of the molecule is CC(C)(C)c1cc(CC(C)(C)c2c(F)cc(F)cc2F)cc(C(F)(F)F)c1F. The maximum atomic E-state index is 14.5. The Hall–Kier alpha value is -2.05. The fourth-order valence-electron chi connectivity index (χ4n) is 3.33. The zero-order valence-electron chi connectivity index (χ0n) is 16.2. The Kier molecular flexibility index (Phi) is 5.63. The third kappa shape index (κ3) is 4.50. The van der Waals surface area contributed by atoms with Crippen LogP contribution in [0.4, 0.5) is 30.7 Å². The van der Waals surface area contributed by atoms with E-state index in [-0.39, 0.29) is 17.5 Å². The van der Waals surface area contributed by atoms with E-state index in [9.17, 15) is 30.7 Å². The summed E-state index contributed by atoms with van der Waals surface area (Å²) in [7, 11) is 0. The number of rotatable bonds is 3. The van der Waals surface area contributed by atoms with E-state index in [1.165, 1.54) is 19.9 Å². The van der Waals surface area contributed by atoms with Crippen LogP contribution in [-0.2, 0) is 23.4 Å². The quantitative estimate of drug-likeness (QED) is 0.478. The van der Waals surface area contributed by atoms with Crippen molar-refractivity contribution < 1.29 is 30.7 Å². The summed E-state index contributed by atoms with van der Waals surface area (Å²) < 4.78 is 96.0. The van der Waals surface area contributed by atoms with Crippen molar-refractivity contribution in [3.63, 3.8) is 0 Å². The van der Waals surface area contributed by atoms with Crippen LogP contribution in [0.2, 0.25) is 0 Å². The number of hydrogen-bond donors (Lipinski definition) is 0. The molecule has 28 heavy (non-hydrogen) atoms. The Labute approximate surface area is 159 Å². The second-order valence-electron chi connectivity index (χ2n) is 8.56. The largest absolute Gasteiger partial charge is 0.419 e. The molecule has 0 nitrogen and oxygen atoms in total. The van der Waals surface area contributed by atoms with Crippen molar-refractivity contribution in [3.8, 4) is 0 Å². The standard InChI is InChI=1S/C21H21F7/c1-19(2,3)13-6-11(7-14(18(13)25)21(26,27)28)10-20(4,5)17-15(23)8-12(22)9-16(17)24/h6-9H,10H2,1-5H3. The van der Waals surface area contributed by atoms with Gasteiger partial charge in [0.1, 0.15) is 23.3 Å². The first-order valence-electron chi connectivity index (χ1n) is 8.59. The van der Waals surface area contributed by atoms with E-state index < -0.39 is 51.4 Å². The smallest absolute Gasteiger partial charge is 0.207 e. The first kappa shape index (κ1) is 22.2. The highest BCUT2D eigenvalue weighted by Crippen LogP contribution is 2.39. The van der Waals surface area contributed by atoms with Gasteiger partial charge in [-0.1, -0.05) is 40.7 Å². The van der Waals surface area contributed by atoms with Gasteiger partial charge in [0.15, 0.2) is 0 Å². The number of alkyl halides is 3. The molecule has 2 rings (SSSR count). The minimum Gasteiger partial charge on any atom is -0.207 e. The normalized spacial score (nSPS) is 13.1. The first-order chi connectivity index (χ1) is 12.5. The molecule has 0 unspecified atom stereocenters. The second-order valence-corrected chi connectivity index (χ2v) is 8.56. The lowest BCUT2D eigenvalue weighted by atomic mass is 9.76. The van der Waals surface area contributed by atoms with Gasteiger partial charge in [0.25, 0.3) is 0 Å².